The van der Waals surface area contributed by atoms with Gasteiger partial charge in [-0.25, -0.2) is 9.18 Å². The van der Waals surface area contributed by atoms with Crippen molar-refractivity contribution >= 4 is 11.7 Å². The summed E-state index contributed by atoms with van der Waals surface area (Å²) in [5.74, 6) is -0.348. The van der Waals surface area contributed by atoms with Gasteiger partial charge in [0, 0.05) is 12.2 Å². The lowest BCUT2D eigenvalue weighted by Crippen LogP contribution is -2.52. The number of nitrogens with zero attached hydrogens (tertiary/aromatic N) is 1. The molecule has 1 fully saturated rings. The minimum atomic E-state index is -0.348. The molecule has 1 N–H and O–H groups in total. The number of morpholine rings is 1. The number of nitrogens with one attached hydrogen (secondary N) is 1. The van der Waals surface area contributed by atoms with Gasteiger partial charge in [-0.05, 0) is 44.5 Å². The smallest absolute Gasteiger partial charge is 0.322 e. The number of ether oxygens (including phenoxy) is 1. The van der Waals surface area contributed by atoms with Gasteiger partial charge in [0.1, 0.15) is 5.82 Å². The summed E-state index contributed by atoms with van der Waals surface area (Å²) in [6.07, 6.45) is 0.00810. The van der Waals surface area contributed by atoms with Crippen LogP contribution in [0.5, 0.6) is 0 Å². The molecule has 1 aliphatic rings. The molecule has 0 spiro atoms. The highest BCUT2D eigenvalue weighted by Gasteiger charge is 2.29. The van der Waals surface area contributed by atoms with Crippen molar-refractivity contribution in [3.63, 3.8) is 0 Å². The molecule has 0 aromatic heterocycles. The van der Waals surface area contributed by atoms with Crippen LogP contribution in [0.4, 0.5) is 14.9 Å². The Morgan fingerprint density at radius 3 is 2.84 bits per heavy atom. The number of hydrogen-bond acceptors (Lipinski definition) is 2. The maximum atomic E-state index is 13.3. The standard InChI is InChI=1S/C14H19FN2O2/c1-9-6-12(15)8-13(7-9)16-14(18)17-4-5-19-11(3)10(17)2/h6-8,10-11H,4-5H2,1-3H3,(H,16,18)/t10-,11-/m1/s1. The van der Waals surface area contributed by atoms with Crippen LogP contribution in [0.15, 0.2) is 18.2 Å². The number of carbonyl (C=O) groups excluding carboxylic acids is 1. The summed E-state index contributed by atoms with van der Waals surface area (Å²) in [6, 6.07) is 4.28. The molecular formula is C14H19FN2O2. The number of carbonyl (C=O) groups is 1. The van der Waals surface area contributed by atoms with Crippen LogP contribution < -0.4 is 5.32 Å². The van der Waals surface area contributed by atoms with E-state index in [2.05, 4.69) is 5.32 Å². The van der Waals surface area contributed by atoms with Gasteiger partial charge in [0.15, 0.2) is 0 Å². The van der Waals surface area contributed by atoms with Crippen molar-refractivity contribution in [1.82, 2.24) is 4.90 Å². The second kappa shape index (κ2) is 5.57. The van der Waals surface area contributed by atoms with Gasteiger partial charge in [-0.3, -0.25) is 0 Å². The van der Waals surface area contributed by atoms with E-state index >= 15 is 0 Å². The summed E-state index contributed by atoms with van der Waals surface area (Å²) >= 11 is 0. The molecule has 104 valence electrons. The molecule has 1 aliphatic heterocycles. The van der Waals surface area contributed by atoms with Crippen LogP contribution in [0.3, 0.4) is 0 Å². The van der Waals surface area contributed by atoms with Crippen molar-refractivity contribution in [1.29, 1.82) is 0 Å². The Morgan fingerprint density at radius 2 is 2.16 bits per heavy atom. The number of halogens is 1. The van der Waals surface area contributed by atoms with E-state index in [1.165, 1.54) is 12.1 Å². The zero-order valence-electron chi connectivity index (χ0n) is 11.4. The van der Waals surface area contributed by atoms with Gasteiger partial charge in [0.2, 0.25) is 0 Å². The fourth-order valence-corrected chi connectivity index (χ4v) is 2.22. The molecule has 5 heteroatoms. The third-order valence-electron chi connectivity index (χ3n) is 3.44. The summed E-state index contributed by atoms with van der Waals surface area (Å²) in [5.41, 5.74) is 1.26. The third-order valence-corrected chi connectivity index (χ3v) is 3.44. The Balaban J connectivity index is 2.08. The lowest BCUT2D eigenvalue weighted by Gasteiger charge is -2.37. The highest BCUT2D eigenvalue weighted by atomic mass is 19.1. The number of amides is 2. The predicted octanol–water partition coefficient (Wildman–Crippen LogP) is 2.78. The number of aryl methyl sites for hydroxylation is 1. The van der Waals surface area contributed by atoms with Crippen molar-refractivity contribution < 1.29 is 13.9 Å². The van der Waals surface area contributed by atoms with Crippen LogP contribution in [0.25, 0.3) is 0 Å². The van der Waals surface area contributed by atoms with Gasteiger partial charge in [0.25, 0.3) is 0 Å². The zero-order chi connectivity index (χ0) is 14.0. The van der Waals surface area contributed by atoms with E-state index in [1.54, 1.807) is 17.9 Å². The molecule has 1 heterocycles. The molecule has 0 radical (unpaired) electrons. The Hall–Kier alpha value is -1.62. The topological polar surface area (TPSA) is 41.6 Å². The second-order valence-corrected chi connectivity index (χ2v) is 4.96. The van der Waals surface area contributed by atoms with E-state index in [1.807, 2.05) is 13.8 Å². The molecule has 0 aliphatic carbocycles. The molecule has 1 aromatic carbocycles. The second-order valence-electron chi connectivity index (χ2n) is 4.96. The molecule has 1 saturated heterocycles. The molecule has 0 saturated carbocycles. The minimum Gasteiger partial charge on any atom is -0.375 e. The molecule has 0 bridgehead atoms. The van der Waals surface area contributed by atoms with Crippen LogP contribution in [0, 0.1) is 12.7 Å². The van der Waals surface area contributed by atoms with E-state index in [-0.39, 0.29) is 24.0 Å². The Morgan fingerprint density at radius 1 is 1.42 bits per heavy atom. The van der Waals surface area contributed by atoms with E-state index in [4.69, 9.17) is 4.74 Å². The first-order valence-electron chi connectivity index (χ1n) is 6.44. The number of hydrogen-bond donors (Lipinski definition) is 1. The highest BCUT2D eigenvalue weighted by Crippen LogP contribution is 2.17. The molecule has 0 unspecified atom stereocenters. The van der Waals surface area contributed by atoms with Crippen molar-refractivity contribution in [2.24, 2.45) is 0 Å². The van der Waals surface area contributed by atoms with Crippen molar-refractivity contribution in [2.45, 2.75) is 32.9 Å². The maximum Gasteiger partial charge on any atom is 0.322 e. The van der Waals surface area contributed by atoms with E-state index in [9.17, 15) is 9.18 Å². The van der Waals surface area contributed by atoms with Crippen LogP contribution in [0.2, 0.25) is 0 Å². The first-order valence-corrected chi connectivity index (χ1v) is 6.44. The fraction of sp³-hybridized carbons (Fsp3) is 0.500. The van der Waals surface area contributed by atoms with Crippen molar-refractivity contribution in [2.75, 3.05) is 18.5 Å². The Kier molecular flexibility index (Phi) is 4.04. The van der Waals surface area contributed by atoms with Crippen LogP contribution in [-0.4, -0.2) is 36.2 Å². The maximum absolute atomic E-state index is 13.3. The summed E-state index contributed by atoms with van der Waals surface area (Å²) in [5, 5.41) is 2.74. The number of anilines is 1. The first-order chi connectivity index (χ1) is 8.97. The quantitative estimate of drug-likeness (QED) is 0.849. The van der Waals surface area contributed by atoms with Crippen molar-refractivity contribution in [3.8, 4) is 0 Å². The molecule has 1 aromatic rings. The van der Waals surface area contributed by atoms with E-state index in [0.717, 1.165) is 5.56 Å². The molecular weight excluding hydrogens is 247 g/mol. The fourth-order valence-electron chi connectivity index (χ4n) is 2.22. The molecule has 4 nitrogen and oxygen atoms in total. The van der Waals surface area contributed by atoms with Gasteiger partial charge < -0.3 is 15.0 Å². The van der Waals surface area contributed by atoms with Gasteiger partial charge in [-0.15, -0.1) is 0 Å². The largest absolute Gasteiger partial charge is 0.375 e. The van der Waals surface area contributed by atoms with Crippen molar-refractivity contribution in [3.05, 3.63) is 29.6 Å². The lowest BCUT2D eigenvalue weighted by molar-refractivity contribution is -0.0355. The molecule has 19 heavy (non-hydrogen) atoms. The zero-order valence-corrected chi connectivity index (χ0v) is 11.4. The third kappa shape index (κ3) is 3.23. The molecule has 2 rings (SSSR count). The minimum absolute atomic E-state index is 0.00315. The normalized spacial score (nSPS) is 23.3. The summed E-state index contributed by atoms with van der Waals surface area (Å²) in [6.45, 7) is 6.75. The van der Waals surface area contributed by atoms with Crippen LogP contribution >= 0.6 is 0 Å². The lowest BCUT2D eigenvalue weighted by atomic mass is 10.1. The SMILES string of the molecule is Cc1cc(F)cc(NC(=O)N2CCO[C@H](C)[C@H]2C)c1. The average Bonchev–Trinajstić information content (AvgIpc) is 2.31. The Labute approximate surface area is 112 Å². The molecule has 2 atom stereocenters. The van der Waals surface area contributed by atoms with E-state index < -0.39 is 0 Å². The van der Waals surface area contributed by atoms with Gasteiger partial charge in [-0.2, -0.15) is 0 Å². The van der Waals surface area contributed by atoms with Gasteiger partial charge in [-0.1, -0.05) is 0 Å². The van der Waals surface area contributed by atoms with E-state index in [0.29, 0.717) is 18.8 Å². The summed E-state index contributed by atoms with van der Waals surface area (Å²) in [7, 11) is 0. The Bertz CT molecular complexity index is 458. The average molecular weight is 266 g/mol. The van der Waals surface area contributed by atoms with Gasteiger partial charge in [0.05, 0.1) is 18.8 Å². The first kappa shape index (κ1) is 13.8. The monoisotopic (exact) mass is 266 g/mol. The number of rotatable bonds is 1. The van der Waals surface area contributed by atoms with Crippen LogP contribution in [-0.2, 0) is 4.74 Å². The summed E-state index contributed by atoms with van der Waals surface area (Å²) < 4.78 is 18.8. The summed E-state index contributed by atoms with van der Waals surface area (Å²) in [4.78, 5) is 13.9. The predicted molar refractivity (Wildman–Crippen MR) is 71.7 cm³/mol. The van der Waals surface area contributed by atoms with Gasteiger partial charge >= 0.3 is 6.03 Å². The highest BCUT2D eigenvalue weighted by molar-refractivity contribution is 5.89. The van der Waals surface area contributed by atoms with Crippen LogP contribution in [0.1, 0.15) is 19.4 Å². The molecule has 2 amide bonds. The number of benzene rings is 1. The number of urea groups is 1.